The van der Waals surface area contributed by atoms with E-state index < -0.39 is 11.7 Å². The van der Waals surface area contributed by atoms with Gasteiger partial charge in [0.05, 0.1) is 0 Å². The highest BCUT2D eigenvalue weighted by Gasteiger charge is 2.17. The molecule has 1 heterocycles. The summed E-state index contributed by atoms with van der Waals surface area (Å²) >= 11 is 0. The van der Waals surface area contributed by atoms with E-state index in [2.05, 4.69) is 55.5 Å². The average molecular weight is 392 g/mol. The number of benzene rings is 2. The number of anilines is 1. The fourth-order valence-corrected chi connectivity index (χ4v) is 2.83. The fourth-order valence-electron chi connectivity index (χ4n) is 2.83. The lowest BCUT2D eigenvalue weighted by molar-refractivity contribution is 0.0636. The third-order valence-electron chi connectivity index (χ3n) is 4.37. The Hall–Kier alpha value is -3.08. The van der Waals surface area contributed by atoms with Gasteiger partial charge in [0.1, 0.15) is 11.3 Å². The molecule has 1 N–H and O–H groups in total. The lowest BCUT2D eigenvalue weighted by Gasteiger charge is -2.19. The van der Waals surface area contributed by atoms with Gasteiger partial charge in [0, 0.05) is 22.9 Å². The van der Waals surface area contributed by atoms with Crippen molar-refractivity contribution in [3.63, 3.8) is 0 Å². The molecular formula is C24H28N2O3. The molecule has 0 saturated heterocycles. The first-order valence-electron chi connectivity index (χ1n) is 9.69. The van der Waals surface area contributed by atoms with Crippen LogP contribution in [0.15, 0.2) is 59.1 Å². The molecule has 0 aliphatic heterocycles. The Bertz CT molecular complexity index is 973. The molecule has 3 rings (SSSR count). The van der Waals surface area contributed by atoms with Crippen molar-refractivity contribution in [1.29, 1.82) is 0 Å². The Balaban J connectivity index is 1.71. The summed E-state index contributed by atoms with van der Waals surface area (Å²) in [4.78, 5) is 11.9. The summed E-state index contributed by atoms with van der Waals surface area (Å²) in [6.07, 6.45) is -0.479. The number of aromatic nitrogens is 1. The summed E-state index contributed by atoms with van der Waals surface area (Å²) in [5.41, 5.74) is 4.13. The van der Waals surface area contributed by atoms with Gasteiger partial charge < -0.3 is 9.26 Å². The summed E-state index contributed by atoms with van der Waals surface area (Å²) in [7, 11) is 0. The molecular weight excluding hydrogens is 364 g/mol. The minimum absolute atomic E-state index is 0.111. The molecule has 0 bridgehead atoms. The normalized spacial score (nSPS) is 11.9. The number of rotatable bonds is 3. The van der Waals surface area contributed by atoms with Gasteiger partial charge in [-0.15, -0.1) is 0 Å². The van der Waals surface area contributed by atoms with Crippen LogP contribution in [-0.2, 0) is 10.2 Å². The van der Waals surface area contributed by atoms with Crippen molar-refractivity contribution >= 4 is 11.8 Å². The Labute approximate surface area is 172 Å². The average Bonchev–Trinajstić information content (AvgIpc) is 3.10. The molecule has 0 unspecified atom stereocenters. The summed E-state index contributed by atoms with van der Waals surface area (Å²) in [6, 6.07) is 17.7. The first-order valence-corrected chi connectivity index (χ1v) is 9.69. The fraction of sp³-hybridized carbons (Fsp3) is 0.333. The minimum Gasteiger partial charge on any atom is -0.444 e. The Morgan fingerprint density at radius 3 is 2.03 bits per heavy atom. The first-order chi connectivity index (χ1) is 13.5. The van der Waals surface area contributed by atoms with Crippen LogP contribution >= 0.6 is 0 Å². The highest BCUT2D eigenvalue weighted by Crippen LogP contribution is 2.29. The second-order valence-corrected chi connectivity index (χ2v) is 9.11. The molecule has 5 nitrogen and oxygen atoms in total. The maximum atomic E-state index is 11.9. The quantitative estimate of drug-likeness (QED) is 0.542. The number of nitrogens with one attached hydrogen (secondary N) is 1. The van der Waals surface area contributed by atoms with E-state index in [0.717, 1.165) is 22.6 Å². The molecule has 0 radical (unpaired) electrons. The Morgan fingerprint density at radius 2 is 1.48 bits per heavy atom. The van der Waals surface area contributed by atoms with Crippen LogP contribution in [0.3, 0.4) is 0 Å². The van der Waals surface area contributed by atoms with Crippen LogP contribution in [0.5, 0.6) is 0 Å². The summed E-state index contributed by atoms with van der Waals surface area (Å²) in [6.45, 7) is 12.1. The van der Waals surface area contributed by atoms with Crippen molar-refractivity contribution in [3.8, 4) is 22.6 Å². The molecule has 29 heavy (non-hydrogen) atoms. The second-order valence-electron chi connectivity index (χ2n) is 9.11. The molecule has 152 valence electrons. The standard InChI is InChI=1S/C24H28N2O3/c1-23(2,3)18-11-7-17(8-12-18)21-15-20(26-29-21)16-9-13-19(14-10-16)25-22(27)28-24(4,5)6/h7-15H,1-6H3,(H,25,27). The van der Waals surface area contributed by atoms with E-state index in [4.69, 9.17) is 9.26 Å². The number of carbonyl (C=O) groups excluding carboxylic acids is 1. The monoisotopic (exact) mass is 392 g/mol. The van der Waals surface area contributed by atoms with E-state index in [0.29, 0.717) is 5.69 Å². The van der Waals surface area contributed by atoms with Crippen molar-refractivity contribution < 1.29 is 14.1 Å². The smallest absolute Gasteiger partial charge is 0.412 e. The van der Waals surface area contributed by atoms with Gasteiger partial charge in [-0.2, -0.15) is 0 Å². The number of ether oxygens (including phenoxy) is 1. The molecule has 1 amide bonds. The summed E-state index contributed by atoms with van der Waals surface area (Å²) in [5.74, 6) is 0.719. The SMILES string of the molecule is CC(C)(C)OC(=O)Nc1ccc(-c2cc(-c3ccc(C(C)(C)C)cc3)on2)cc1. The van der Waals surface area contributed by atoms with Crippen molar-refractivity contribution in [2.24, 2.45) is 0 Å². The predicted octanol–water partition coefficient (Wildman–Crippen LogP) is 6.65. The van der Waals surface area contributed by atoms with Gasteiger partial charge in [0.2, 0.25) is 0 Å². The van der Waals surface area contributed by atoms with Crippen molar-refractivity contribution in [1.82, 2.24) is 5.16 Å². The Kier molecular flexibility index (Phi) is 5.51. The third-order valence-corrected chi connectivity index (χ3v) is 4.37. The topological polar surface area (TPSA) is 64.4 Å². The molecule has 0 aliphatic rings. The third kappa shape index (κ3) is 5.47. The van der Waals surface area contributed by atoms with Crippen LogP contribution in [0.1, 0.15) is 47.1 Å². The molecule has 3 aromatic rings. The van der Waals surface area contributed by atoms with Gasteiger partial charge in [0.25, 0.3) is 0 Å². The molecule has 5 heteroatoms. The van der Waals surface area contributed by atoms with E-state index in [-0.39, 0.29) is 5.41 Å². The van der Waals surface area contributed by atoms with Gasteiger partial charge in [-0.25, -0.2) is 4.79 Å². The predicted molar refractivity (Wildman–Crippen MR) is 116 cm³/mol. The van der Waals surface area contributed by atoms with Crippen molar-refractivity contribution in [3.05, 3.63) is 60.2 Å². The molecule has 0 spiro atoms. The molecule has 0 fully saturated rings. The maximum Gasteiger partial charge on any atom is 0.412 e. The molecule has 0 saturated carbocycles. The second kappa shape index (κ2) is 7.74. The highest BCUT2D eigenvalue weighted by atomic mass is 16.6. The lowest BCUT2D eigenvalue weighted by atomic mass is 9.86. The van der Waals surface area contributed by atoms with Crippen LogP contribution in [0.25, 0.3) is 22.6 Å². The summed E-state index contributed by atoms with van der Waals surface area (Å²) < 4.78 is 10.8. The van der Waals surface area contributed by atoms with Crippen LogP contribution < -0.4 is 5.32 Å². The van der Waals surface area contributed by atoms with Gasteiger partial charge in [-0.3, -0.25) is 5.32 Å². The van der Waals surface area contributed by atoms with Crippen LogP contribution in [0, 0.1) is 0 Å². The van der Waals surface area contributed by atoms with Crippen molar-refractivity contribution in [2.45, 2.75) is 52.6 Å². The van der Waals surface area contributed by atoms with Crippen LogP contribution in [-0.4, -0.2) is 16.9 Å². The van der Waals surface area contributed by atoms with Gasteiger partial charge >= 0.3 is 6.09 Å². The zero-order valence-electron chi connectivity index (χ0n) is 17.9. The molecule has 0 aliphatic carbocycles. The zero-order valence-corrected chi connectivity index (χ0v) is 17.9. The number of hydrogen-bond acceptors (Lipinski definition) is 4. The van der Waals surface area contributed by atoms with E-state index in [1.807, 2.05) is 51.1 Å². The van der Waals surface area contributed by atoms with E-state index in [9.17, 15) is 4.79 Å². The number of nitrogens with zero attached hydrogens (tertiary/aromatic N) is 1. The Morgan fingerprint density at radius 1 is 0.897 bits per heavy atom. The first kappa shape index (κ1) is 20.6. The van der Waals surface area contributed by atoms with E-state index >= 15 is 0 Å². The van der Waals surface area contributed by atoms with Crippen LogP contribution in [0.2, 0.25) is 0 Å². The van der Waals surface area contributed by atoms with E-state index in [1.165, 1.54) is 5.56 Å². The molecule has 2 aromatic carbocycles. The minimum atomic E-state index is -0.535. The van der Waals surface area contributed by atoms with E-state index in [1.54, 1.807) is 0 Å². The lowest BCUT2D eigenvalue weighted by Crippen LogP contribution is -2.27. The molecule has 0 atom stereocenters. The van der Waals surface area contributed by atoms with Gasteiger partial charge in [-0.1, -0.05) is 62.3 Å². The van der Waals surface area contributed by atoms with Gasteiger partial charge in [0.15, 0.2) is 5.76 Å². The number of amides is 1. The van der Waals surface area contributed by atoms with Crippen molar-refractivity contribution in [2.75, 3.05) is 5.32 Å². The highest BCUT2D eigenvalue weighted by molar-refractivity contribution is 5.85. The van der Waals surface area contributed by atoms with Gasteiger partial charge in [-0.05, 0) is 43.9 Å². The zero-order chi connectivity index (χ0) is 21.2. The van der Waals surface area contributed by atoms with Crippen LogP contribution in [0.4, 0.5) is 10.5 Å². The number of hydrogen-bond donors (Lipinski definition) is 1. The summed E-state index contributed by atoms with van der Waals surface area (Å²) in [5, 5.41) is 6.91. The maximum absolute atomic E-state index is 11.9. The largest absolute Gasteiger partial charge is 0.444 e. The molecule has 1 aromatic heterocycles. The number of carbonyl (C=O) groups is 1.